The van der Waals surface area contributed by atoms with Gasteiger partial charge in [0.25, 0.3) is 0 Å². The van der Waals surface area contributed by atoms with Crippen LogP contribution < -0.4 is 10.2 Å². The van der Waals surface area contributed by atoms with E-state index in [1.165, 1.54) is 12.8 Å². The van der Waals surface area contributed by atoms with Crippen LogP contribution in [0.3, 0.4) is 0 Å². The number of aliphatic hydroxyl groups is 1. The number of aromatic nitrogens is 1. The number of piperidine rings is 1. The smallest absolute Gasteiger partial charge is 0.223 e. The van der Waals surface area contributed by atoms with Crippen LogP contribution >= 0.6 is 0 Å². The first kappa shape index (κ1) is 16.2. The minimum atomic E-state index is 0.0941. The zero-order chi connectivity index (χ0) is 16.2. The number of amides is 1. The molecule has 1 amide bonds. The average Bonchev–Trinajstić information content (AvgIpc) is 3.40. The van der Waals surface area contributed by atoms with Crippen molar-refractivity contribution in [3.8, 4) is 0 Å². The molecular weight excluding hydrogens is 290 g/mol. The molecule has 0 radical (unpaired) electrons. The molecule has 2 N–H and O–H groups in total. The molecule has 0 spiro atoms. The topological polar surface area (TPSA) is 65.5 Å². The Morgan fingerprint density at radius 2 is 2.09 bits per heavy atom. The van der Waals surface area contributed by atoms with Gasteiger partial charge in [-0.05, 0) is 56.6 Å². The van der Waals surface area contributed by atoms with Crippen LogP contribution in [0.5, 0.6) is 0 Å². The SMILES string of the molecule is Cc1ccc(N2CCC(C(=O)NC(CCO)C3CC3)CC2)nc1. The minimum Gasteiger partial charge on any atom is -0.396 e. The Hall–Kier alpha value is -1.62. The summed E-state index contributed by atoms with van der Waals surface area (Å²) in [6.45, 7) is 3.94. The molecule has 1 aromatic heterocycles. The first-order chi connectivity index (χ1) is 11.2. The van der Waals surface area contributed by atoms with Crippen molar-refractivity contribution >= 4 is 11.7 Å². The number of nitrogens with zero attached hydrogens (tertiary/aromatic N) is 2. The minimum absolute atomic E-state index is 0.0941. The summed E-state index contributed by atoms with van der Waals surface area (Å²) in [4.78, 5) is 19.2. The molecule has 1 aliphatic heterocycles. The monoisotopic (exact) mass is 317 g/mol. The Balaban J connectivity index is 1.49. The summed E-state index contributed by atoms with van der Waals surface area (Å²) < 4.78 is 0. The van der Waals surface area contributed by atoms with Gasteiger partial charge in [-0.3, -0.25) is 4.79 Å². The first-order valence-corrected chi connectivity index (χ1v) is 8.76. The van der Waals surface area contributed by atoms with Crippen molar-refractivity contribution in [2.45, 2.75) is 45.1 Å². The second-order valence-electron chi connectivity index (χ2n) is 6.92. The van der Waals surface area contributed by atoms with E-state index >= 15 is 0 Å². The van der Waals surface area contributed by atoms with E-state index in [0.29, 0.717) is 12.3 Å². The van der Waals surface area contributed by atoms with Crippen LogP contribution in [-0.4, -0.2) is 41.7 Å². The van der Waals surface area contributed by atoms with Crippen LogP contribution in [0.2, 0.25) is 0 Å². The van der Waals surface area contributed by atoms with Crippen LogP contribution in [0.25, 0.3) is 0 Å². The maximum atomic E-state index is 12.5. The summed E-state index contributed by atoms with van der Waals surface area (Å²) in [6, 6.07) is 4.31. The molecule has 5 heteroatoms. The Bertz CT molecular complexity index is 520. The fourth-order valence-corrected chi connectivity index (χ4v) is 3.38. The van der Waals surface area contributed by atoms with E-state index < -0.39 is 0 Å². The zero-order valence-corrected chi connectivity index (χ0v) is 13.9. The van der Waals surface area contributed by atoms with Crippen molar-refractivity contribution in [3.05, 3.63) is 23.9 Å². The molecule has 2 aliphatic rings. The molecule has 1 aliphatic carbocycles. The second-order valence-corrected chi connectivity index (χ2v) is 6.92. The molecule has 126 valence electrons. The molecule has 0 aromatic carbocycles. The van der Waals surface area contributed by atoms with E-state index in [-0.39, 0.29) is 24.5 Å². The van der Waals surface area contributed by atoms with Crippen LogP contribution in [0.15, 0.2) is 18.3 Å². The van der Waals surface area contributed by atoms with Crippen molar-refractivity contribution in [2.24, 2.45) is 11.8 Å². The standard InChI is InChI=1S/C18H27N3O2/c1-13-2-5-17(19-12-13)21-9-6-15(7-10-21)18(23)20-16(8-11-22)14-3-4-14/h2,5,12,14-16,22H,3-4,6-11H2,1H3,(H,20,23). The molecule has 2 heterocycles. The van der Waals surface area contributed by atoms with Gasteiger partial charge in [0.05, 0.1) is 0 Å². The van der Waals surface area contributed by atoms with Crippen molar-refractivity contribution in [2.75, 3.05) is 24.6 Å². The summed E-state index contributed by atoms with van der Waals surface area (Å²) in [5.41, 5.74) is 1.16. The number of aryl methyl sites for hydroxylation is 1. The third-order valence-electron chi connectivity index (χ3n) is 5.04. The lowest BCUT2D eigenvalue weighted by molar-refractivity contribution is -0.126. The quantitative estimate of drug-likeness (QED) is 0.841. The fourth-order valence-electron chi connectivity index (χ4n) is 3.38. The molecule has 1 saturated carbocycles. The molecule has 5 nitrogen and oxygen atoms in total. The van der Waals surface area contributed by atoms with Crippen molar-refractivity contribution in [1.29, 1.82) is 0 Å². The number of hydrogen-bond donors (Lipinski definition) is 2. The normalized spacial score (nSPS) is 20.3. The van der Waals surface area contributed by atoms with E-state index in [1.54, 1.807) is 0 Å². The van der Waals surface area contributed by atoms with Crippen LogP contribution in [0.1, 0.15) is 37.7 Å². The molecular formula is C18H27N3O2. The lowest BCUT2D eigenvalue weighted by Crippen LogP contribution is -2.45. The third kappa shape index (κ3) is 4.22. The van der Waals surface area contributed by atoms with Crippen molar-refractivity contribution in [3.63, 3.8) is 0 Å². The van der Waals surface area contributed by atoms with Crippen molar-refractivity contribution < 1.29 is 9.90 Å². The lowest BCUT2D eigenvalue weighted by Gasteiger charge is -2.33. The number of pyridine rings is 1. The van der Waals surface area contributed by atoms with Gasteiger partial charge in [0, 0.05) is 37.9 Å². The summed E-state index contributed by atoms with van der Waals surface area (Å²) >= 11 is 0. The molecule has 1 aromatic rings. The maximum absolute atomic E-state index is 12.5. The number of carbonyl (C=O) groups is 1. The number of rotatable bonds is 6. The number of nitrogens with one attached hydrogen (secondary N) is 1. The highest BCUT2D eigenvalue weighted by Gasteiger charge is 2.34. The summed E-state index contributed by atoms with van der Waals surface area (Å²) in [6.07, 6.45) is 6.69. The summed E-state index contributed by atoms with van der Waals surface area (Å²) in [7, 11) is 0. The molecule has 1 atom stereocenters. The molecule has 3 rings (SSSR count). The van der Waals surface area contributed by atoms with Gasteiger partial charge in [-0.1, -0.05) is 6.07 Å². The highest BCUT2D eigenvalue weighted by Crippen LogP contribution is 2.34. The highest BCUT2D eigenvalue weighted by atomic mass is 16.3. The Labute approximate surface area is 138 Å². The average molecular weight is 317 g/mol. The van der Waals surface area contributed by atoms with Gasteiger partial charge in [0.2, 0.25) is 5.91 Å². The van der Waals surface area contributed by atoms with Crippen molar-refractivity contribution in [1.82, 2.24) is 10.3 Å². The van der Waals surface area contributed by atoms with Gasteiger partial charge in [-0.25, -0.2) is 4.98 Å². The predicted octanol–water partition coefficient (Wildman–Crippen LogP) is 1.88. The van der Waals surface area contributed by atoms with Gasteiger partial charge in [-0.2, -0.15) is 0 Å². The number of carbonyl (C=O) groups excluding carboxylic acids is 1. The van der Waals surface area contributed by atoms with E-state index in [2.05, 4.69) is 27.3 Å². The lowest BCUT2D eigenvalue weighted by atomic mass is 9.95. The number of aliphatic hydroxyl groups excluding tert-OH is 1. The van der Waals surface area contributed by atoms with E-state index in [1.807, 2.05) is 13.1 Å². The molecule has 0 bridgehead atoms. The zero-order valence-electron chi connectivity index (χ0n) is 13.9. The fraction of sp³-hybridized carbons (Fsp3) is 0.667. The van der Waals surface area contributed by atoms with E-state index in [9.17, 15) is 4.79 Å². The van der Waals surface area contributed by atoms with Crippen LogP contribution in [-0.2, 0) is 4.79 Å². The first-order valence-electron chi connectivity index (χ1n) is 8.76. The van der Waals surface area contributed by atoms with Gasteiger partial charge in [-0.15, -0.1) is 0 Å². The van der Waals surface area contributed by atoms with Gasteiger partial charge in [0.15, 0.2) is 0 Å². The Morgan fingerprint density at radius 3 is 2.65 bits per heavy atom. The number of hydrogen-bond acceptors (Lipinski definition) is 4. The third-order valence-corrected chi connectivity index (χ3v) is 5.04. The van der Waals surface area contributed by atoms with Gasteiger partial charge >= 0.3 is 0 Å². The Morgan fingerprint density at radius 1 is 1.35 bits per heavy atom. The maximum Gasteiger partial charge on any atom is 0.223 e. The number of anilines is 1. The van der Waals surface area contributed by atoms with Gasteiger partial charge in [0.1, 0.15) is 5.82 Å². The molecule has 1 unspecified atom stereocenters. The second kappa shape index (κ2) is 7.30. The molecule has 2 fully saturated rings. The Kier molecular flexibility index (Phi) is 5.16. The van der Waals surface area contributed by atoms with Crippen LogP contribution in [0, 0.1) is 18.8 Å². The predicted molar refractivity (Wildman–Crippen MR) is 90.3 cm³/mol. The van der Waals surface area contributed by atoms with E-state index in [4.69, 9.17) is 5.11 Å². The van der Waals surface area contributed by atoms with E-state index in [0.717, 1.165) is 37.3 Å². The van der Waals surface area contributed by atoms with Gasteiger partial charge < -0.3 is 15.3 Å². The van der Waals surface area contributed by atoms with Crippen LogP contribution in [0.4, 0.5) is 5.82 Å². The largest absolute Gasteiger partial charge is 0.396 e. The highest BCUT2D eigenvalue weighted by molar-refractivity contribution is 5.79. The summed E-state index contributed by atoms with van der Waals surface area (Å²) in [5.74, 6) is 1.86. The summed E-state index contributed by atoms with van der Waals surface area (Å²) in [5, 5.41) is 12.3. The molecule has 1 saturated heterocycles. The molecule has 23 heavy (non-hydrogen) atoms.